The van der Waals surface area contributed by atoms with Crippen molar-refractivity contribution in [3.8, 4) is 5.75 Å². The van der Waals surface area contributed by atoms with Gasteiger partial charge in [0.15, 0.2) is 0 Å². The van der Waals surface area contributed by atoms with E-state index >= 15 is 0 Å². The number of piperazine rings is 1. The Morgan fingerprint density at radius 1 is 0.963 bits per heavy atom. The first-order chi connectivity index (χ1) is 13.3. The number of nitrogens with zero attached hydrogens (tertiary/aromatic N) is 2. The van der Waals surface area contributed by atoms with Gasteiger partial charge in [-0.25, -0.2) is 0 Å². The standard InChI is InChI=1S/C22H27N3OS/c23-18-5-3-6-19(17-18)26-15-2-1-10-24-11-13-25(14-12-24)21-7-4-8-22-20(21)9-16-27-22/h3-9,16-17H,1-2,10-15,23H2. The van der Waals surface area contributed by atoms with Crippen LogP contribution >= 0.6 is 11.3 Å². The molecule has 27 heavy (non-hydrogen) atoms. The molecule has 2 N–H and O–H groups in total. The van der Waals surface area contributed by atoms with Gasteiger partial charge in [0.25, 0.3) is 0 Å². The van der Waals surface area contributed by atoms with Crippen molar-refractivity contribution in [1.82, 2.24) is 4.90 Å². The number of nitrogens with two attached hydrogens (primary N) is 1. The maximum atomic E-state index is 5.78. The van der Waals surface area contributed by atoms with Crippen molar-refractivity contribution in [3.05, 3.63) is 53.9 Å². The van der Waals surface area contributed by atoms with Gasteiger partial charge in [-0.15, -0.1) is 11.3 Å². The predicted molar refractivity (Wildman–Crippen MR) is 116 cm³/mol. The molecule has 1 saturated heterocycles. The van der Waals surface area contributed by atoms with Crippen LogP contribution in [0.2, 0.25) is 0 Å². The summed E-state index contributed by atoms with van der Waals surface area (Å²) < 4.78 is 7.16. The molecule has 1 aliphatic rings. The molecule has 0 aliphatic carbocycles. The lowest BCUT2D eigenvalue weighted by atomic mass is 10.2. The topological polar surface area (TPSA) is 41.7 Å². The number of thiophene rings is 1. The van der Waals surface area contributed by atoms with E-state index in [1.807, 2.05) is 35.6 Å². The van der Waals surface area contributed by atoms with Crippen LogP contribution in [0.4, 0.5) is 11.4 Å². The Balaban J connectivity index is 1.18. The number of nitrogen functional groups attached to an aromatic ring is 1. The highest BCUT2D eigenvalue weighted by Crippen LogP contribution is 2.31. The van der Waals surface area contributed by atoms with E-state index in [1.54, 1.807) is 0 Å². The number of hydrogen-bond acceptors (Lipinski definition) is 5. The van der Waals surface area contributed by atoms with Crippen molar-refractivity contribution >= 4 is 32.8 Å². The van der Waals surface area contributed by atoms with Gasteiger partial charge >= 0.3 is 0 Å². The molecular weight excluding hydrogens is 354 g/mol. The molecule has 5 heteroatoms. The number of hydrogen-bond donors (Lipinski definition) is 1. The summed E-state index contributed by atoms with van der Waals surface area (Å²) in [6, 6.07) is 16.6. The van der Waals surface area contributed by atoms with Crippen LogP contribution in [0.1, 0.15) is 12.8 Å². The summed E-state index contributed by atoms with van der Waals surface area (Å²) in [7, 11) is 0. The van der Waals surface area contributed by atoms with Gasteiger partial charge in [0.1, 0.15) is 5.75 Å². The Morgan fingerprint density at radius 2 is 1.81 bits per heavy atom. The van der Waals surface area contributed by atoms with E-state index in [0.717, 1.165) is 57.2 Å². The number of ether oxygens (including phenoxy) is 1. The molecule has 0 radical (unpaired) electrons. The third-order valence-electron chi connectivity index (χ3n) is 5.18. The van der Waals surface area contributed by atoms with E-state index in [9.17, 15) is 0 Å². The summed E-state index contributed by atoms with van der Waals surface area (Å²) in [5.74, 6) is 0.867. The molecule has 142 valence electrons. The number of fused-ring (bicyclic) bond motifs is 1. The Labute approximate surface area is 165 Å². The fourth-order valence-electron chi connectivity index (χ4n) is 3.70. The van der Waals surface area contributed by atoms with Gasteiger partial charge in [-0.05, 0) is 55.1 Å². The largest absolute Gasteiger partial charge is 0.494 e. The van der Waals surface area contributed by atoms with Gasteiger partial charge in [0.2, 0.25) is 0 Å². The maximum Gasteiger partial charge on any atom is 0.121 e. The number of unbranched alkanes of at least 4 members (excludes halogenated alkanes) is 1. The molecule has 4 nitrogen and oxygen atoms in total. The second-order valence-corrected chi connectivity index (χ2v) is 8.01. The molecule has 4 rings (SSSR count). The first-order valence-corrected chi connectivity index (χ1v) is 10.6. The van der Waals surface area contributed by atoms with Crippen molar-refractivity contribution in [2.45, 2.75) is 12.8 Å². The molecule has 1 aromatic heterocycles. The molecular formula is C22H27N3OS. The molecule has 3 aromatic rings. The van der Waals surface area contributed by atoms with Crippen LogP contribution in [0, 0.1) is 0 Å². The maximum absolute atomic E-state index is 5.78. The van der Waals surface area contributed by atoms with E-state index in [2.05, 4.69) is 39.4 Å². The van der Waals surface area contributed by atoms with Gasteiger partial charge in [-0.3, -0.25) is 4.90 Å². The second-order valence-electron chi connectivity index (χ2n) is 7.07. The molecule has 1 aliphatic heterocycles. The Kier molecular flexibility index (Phi) is 5.80. The van der Waals surface area contributed by atoms with Crippen molar-refractivity contribution in [1.29, 1.82) is 0 Å². The van der Waals surface area contributed by atoms with E-state index in [1.165, 1.54) is 22.2 Å². The van der Waals surface area contributed by atoms with Crippen LogP contribution in [-0.2, 0) is 0 Å². The van der Waals surface area contributed by atoms with Gasteiger partial charge in [-0.1, -0.05) is 12.1 Å². The minimum atomic E-state index is 0.753. The number of benzene rings is 2. The molecule has 0 amide bonds. The Bertz CT molecular complexity index is 871. The zero-order valence-electron chi connectivity index (χ0n) is 15.6. The molecule has 2 aromatic carbocycles. The van der Waals surface area contributed by atoms with Crippen LogP contribution in [0.3, 0.4) is 0 Å². The molecule has 0 bridgehead atoms. The number of rotatable bonds is 7. The summed E-state index contributed by atoms with van der Waals surface area (Å²) in [6.45, 7) is 6.39. The van der Waals surface area contributed by atoms with Gasteiger partial charge in [-0.2, -0.15) is 0 Å². The lowest BCUT2D eigenvalue weighted by Crippen LogP contribution is -2.46. The Hall–Kier alpha value is -2.24. The average molecular weight is 382 g/mol. The van der Waals surface area contributed by atoms with Gasteiger partial charge < -0.3 is 15.4 Å². The average Bonchev–Trinajstić information content (AvgIpc) is 3.17. The monoisotopic (exact) mass is 381 g/mol. The summed E-state index contributed by atoms with van der Waals surface area (Å²) in [6.07, 6.45) is 2.24. The van der Waals surface area contributed by atoms with Crippen molar-refractivity contribution < 1.29 is 4.74 Å². The smallest absolute Gasteiger partial charge is 0.121 e. The number of anilines is 2. The third kappa shape index (κ3) is 4.54. The molecule has 1 fully saturated rings. The second kappa shape index (κ2) is 8.63. The lowest BCUT2D eigenvalue weighted by molar-refractivity contribution is 0.239. The SMILES string of the molecule is Nc1cccc(OCCCCN2CCN(c3cccc4sccc34)CC2)c1. The first kappa shape index (κ1) is 18.1. The first-order valence-electron chi connectivity index (χ1n) is 9.71. The van der Waals surface area contributed by atoms with Crippen LogP contribution < -0.4 is 15.4 Å². The van der Waals surface area contributed by atoms with Crippen LogP contribution in [0.5, 0.6) is 5.75 Å². The molecule has 0 unspecified atom stereocenters. The normalized spacial score (nSPS) is 15.3. The quantitative estimate of drug-likeness (QED) is 0.484. The summed E-state index contributed by atoms with van der Waals surface area (Å²) in [4.78, 5) is 5.11. The third-order valence-corrected chi connectivity index (χ3v) is 6.06. The minimum Gasteiger partial charge on any atom is -0.494 e. The molecule has 2 heterocycles. The molecule has 0 saturated carbocycles. The van der Waals surface area contributed by atoms with Crippen LogP contribution in [0.15, 0.2) is 53.9 Å². The highest BCUT2D eigenvalue weighted by molar-refractivity contribution is 7.17. The lowest BCUT2D eigenvalue weighted by Gasteiger charge is -2.36. The molecule has 0 spiro atoms. The van der Waals surface area contributed by atoms with Crippen molar-refractivity contribution in [2.75, 3.05) is 50.0 Å². The zero-order valence-corrected chi connectivity index (χ0v) is 16.5. The zero-order chi connectivity index (χ0) is 18.5. The highest BCUT2D eigenvalue weighted by Gasteiger charge is 2.18. The Morgan fingerprint density at radius 3 is 2.67 bits per heavy atom. The van der Waals surface area contributed by atoms with Crippen molar-refractivity contribution in [3.63, 3.8) is 0 Å². The minimum absolute atomic E-state index is 0.753. The summed E-state index contributed by atoms with van der Waals surface area (Å²) in [5.41, 5.74) is 7.92. The fraction of sp³-hybridized carbons (Fsp3) is 0.364. The summed E-state index contributed by atoms with van der Waals surface area (Å²) >= 11 is 1.82. The van der Waals surface area contributed by atoms with Crippen molar-refractivity contribution in [2.24, 2.45) is 0 Å². The van der Waals surface area contributed by atoms with Gasteiger partial charge in [0.05, 0.1) is 6.61 Å². The van der Waals surface area contributed by atoms with Crippen LogP contribution in [0.25, 0.3) is 10.1 Å². The van der Waals surface area contributed by atoms with E-state index < -0.39 is 0 Å². The molecule has 0 atom stereocenters. The van der Waals surface area contributed by atoms with E-state index in [0.29, 0.717) is 0 Å². The summed E-state index contributed by atoms with van der Waals surface area (Å²) in [5, 5.41) is 3.59. The highest BCUT2D eigenvalue weighted by atomic mass is 32.1. The van der Waals surface area contributed by atoms with Gasteiger partial charge in [0, 0.05) is 53.7 Å². The van der Waals surface area contributed by atoms with E-state index in [4.69, 9.17) is 10.5 Å². The van der Waals surface area contributed by atoms with Crippen LogP contribution in [-0.4, -0.2) is 44.2 Å². The fourth-order valence-corrected chi connectivity index (χ4v) is 4.51. The predicted octanol–water partition coefficient (Wildman–Crippen LogP) is 4.46. The van der Waals surface area contributed by atoms with E-state index in [-0.39, 0.29) is 0 Å².